The minimum Gasteiger partial charge on any atom is -0.253 e. The first kappa shape index (κ1) is 16.7. The summed E-state index contributed by atoms with van der Waals surface area (Å²) in [5.74, 6) is 0.984. The molecule has 0 radical (unpaired) electrons. The number of para-hydroxylation sites is 1. The van der Waals surface area contributed by atoms with Crippen LogP contribution >= 0.6 is 0 Å². The summed E-state index contributed by atoms with van der Waals surface area (Å²) in [6.07, 6.45) is 3.26. The Balaban J connectivity index is 1.60. The van der Waals surface area contributed by atoms with E-state index in [2.05, 4.69) is 31.0 Å². The third-order valence-electron chi connectivity index (χ3n) is 7.79. The number of hydrogen-bond acceptors (Lipinski definition) is 3. The lowest BCUT2D eigenvalue weighted by atomic mass is 9.69. The van der Waals surface area contributed by atoms with Gasteiger partial charge in [-0.3, -0.25) is 4.98 Å². The summed E-state index contributed by atoms with van der Waals surface area (Å²) in [5, 5.41) is 1.07. The quantitative estimate of drug-likeness (QED) is 0.806. The number of aryl methyl sites for hydroxylation is 1. The topological polar surface area (TPSA) is 50.3 Å². The lowest BCUT2D eigenvalue weighted by Gasteiger charge is -2.37. The molecule has 1 saturated heterocycles. The fourth-order valence-corrected chi connectivity index (χ4v) is 8.81. The Bertz CT molecular complexity index is 1010. The summed E-state index contributed by atoms with van der Waals surface area (Å²) in [6, 6.07) is 10.3. The minimum atomic E-state index is -3.23. The van der Waals surface area contributed by atoms with Crippen LogP contribution in [0.25, 0.3) is 10.9 Å². The van der Waals surface area contributed by atoms with E-state index < -0.39 is 10.0 Å². The van der Waals surface area contributed by atoms with Gasteiger partial charge in [0.1, 0.15) is 0 Å². The lowest BCUT2D eigenvalue weighted by molar-refractivity contribution is 0.112. The van der Waals surface area contributed by atoms with Crippen LogP contribution in [0.15, 0.2) is 30.3 Å². The summed E-state index contributed by atoms with van der Waals surface area (Å²) < 4.78 is 28.2. The molecular weight excluding hydrogens is 344 g/mol. The molecule has 0 N–H and O–H groups in total. The molecule has 3 atom stereocenters. The molecule has 2 bridgehead atoms. The average molecular weight is 371 g/mol. The maximum absolute atomic E-state index is 13.2. The van der Waals surface area contributed by atoms with Crippen LogP contribution in [0.5, 0.6) is 0 Å². The highest BCUT2D eigenvalue weighted by Gasteiger charge is 2.71. The van der Waals surface area contributed by atoms with Gasteiger partial charge in [-0.1, -0.05) is 32.0 Å². The van der Waals surface area contributed by atoms with Crippen LogP contribution < -0.4 is 0 Å². The van der Waals surface area contributed by atoms with E-state index in [1.165, 1.54) is 6.42 Å². The van der Waals surface area contributed by atoms with Gasteiger partial charge in [-0.05, 0) is 55.2 Å². The molecule has 1 unspecified atom stereocenters. The summed E-state index contributed by atoms with van der Waals surface area (Å²) in [7, 11) is -3.23. The zero-order chi connectivity index (χ0) is 18.3. The van der Waals surface area contributed by atoms with E-state index in [4.69, 9.17) is 0 Å². The summed E-state index contributed by atoms with van der Waals surface area (Å²) >= 11 is 0. The van der Waals surface area contributed by atoms with Gasteiger partial charge in [-0.15, -0.1) is 0 Å². The molecule has 26 heavy (non-hydrogen) atoms. The van der Waals surface area contributed by atoms with Crippen molar-refractivity contribution in [2.75, 3.05) is 5.75 Å². The highest BCUT2D eigenvalue weighted by molar-refractivity contribution is 7.89. The predicted molar refractivity (Wildman–Crippen MR) is 103 cm³/mol. The Morgan fingerprint density at radius 2 is 2.04 bits per heavy atom. The first-order chi connectivity index (χ1) is 12.2. The Labute approximate surface area is 155 Å². The monoisotopic (exact) mass is 370 g/mol. The van der Waals surface area contributed by atoms with Gasteiger partial charge < -0.3 is 0 Å². The number of sulfonamides is 1. The Morgan fingerprint density at radius 1 is 1.27 bits per heavy atom. The first-order valence-corrected chi connectivity index (χ1v) is 11.2. The number of rotatable bonds is 2. The molecule has 1 aliphatic heterocycles. The Hall–Kier alpha value is -1.46. The molecule has 1 spiro atoms. The van der Waals surface area contributed by atoms with Crippen molar-refractivity contribution in [1.82, 2.24) is 9.29 Å². The molecular formula is C21H26N2O2S. The Kier molecular flexibility index (Phi) is 3.26. The van der Waals surface area contributed by atoms with Crippen molar-refractivity contribution in [1.29, 1.82) is 0 Å². The first-order valence-electron chi connectivity index (χ1n) is 9.59. The van der Waals surface area contributed by atoms with Crippen molar-refractivity contribution in [3.05, 3.63) is 41.6 Å². The van der Waals surface area contributed by atoms with Crippen molar-refractivity contribution in [2.24, 2.45) is 16.7 Å². The van der Waals surface area contributed by atoms with Gasteiger partial charge in [-0.25, -0.2) is 8.42 Å². The SMILES string of the molecule is Cc1cc(CN2[C@@H]3C[C@H]4CCC3(CS2(=O)=O)C4(C)C)c2ccccc2n1. The summed E-state index contributed by atoms with van der Waals surface area (Å²) in [4.78, 5) is 4.61. The number of benzene rings is 1. The van der Waals surface area contributed by atoms with Gasteiger partial charge in [0.15, 0.2) is 0 Å². The third-order valence-corrected chi connectivity index (χ3v) is 9.77. The van der Waals surface area contributed by atoms with E-state index in [9.17, 15) is 8.42 Å². The van der Waals surface area contributed by atoms with E-state index in [1.54, 1.807) is 0 Å². The maximum Gasteiger partial charge on any atom is 0.215 e. The molecule has 5 heteroatoms. The largest absolute Gasteiger partial charge is 0.253 e. The summed E-state index contributed by atoms with van der Waals surface area (Å²) in [6.45, 7) is 7.06. The molecule has 5 rings (SSSR count). The van der Waals surface area contributed by atoms with Crippen LogP contribution in [0, 0.1) is 23.7 Å². The average Bonchev–Trinajstić information content (AvgIpc) is 3.04. The minimum absolute atomic E-state index is 0.0611. The zero-order valence-corrected chi connectivity index (χ0v) is 16.5. The molecule has 4 nitrogen and oxygen atoms in total. The van der Waals surface area contributed by atoms with Gasteiger partial charge in [0.05, 0.1) is 11.3 Å². The van der Waals surface area contributed by atoms with Gasteiger partial charge in [-0.2, -0.15) is 4.31 Å². The van der Waals surface area contributed by atoms with E-state index >= 15 is 0 Å². The van der Waals surface area contributed by atoms with E-state index in [1.807, 2.05) is 29.4 Å². The van der Waals surface area contributed by atoms with Gasteiger partial charge in [0.2, 0.25) is 10.0 Å². The normalized spacial score (nSPS) is 34.4. The van der Waals surface area contributed by atoms with Crippen molar-refractivity contribution in [3.8, 4) is 0 Å². The number of hydrogen-bond donors (Lipinski definition) is 0. The maximum atomic E-state index is 13.2. The molecule has 3 fully saturated rings. The zero-order valence-electron chi connectivity index (χ0n) is 15.7. The second-order valence-corrected chi connectivity index (χ2v) is 11.0. The van der Waals surface area contributed by atoms with E-state index in [0.717, 1.165) is 35.0 Å². The number of aromatic nitrogens is 1. The van der Waals surface area contributed by atoms with Crippen LogP contribution in [0.3, 0.4) is 0 Å². The van der Waals surface area contributed by atoms with Gasteiger partial charge in [0, 0.05) is 29.1 Å². The van der Waals surface area contributed by atoms with Gasteiger partial charge >= 0.3 is 0 Å². The smallest absolute Gasteiger partial charge is 0.215 e. The molecule has 2 saturated carbocycles. The molecule has 2 aliphatic carbocycles. The van der Waals surface area contributed by atoms with E-state index in [-0.39, 0.29) is 16.9 Å². The second kappa shape index (κ2) is 5.08. The molecule has 138 valence electrons. The lowest BCUT2D eigenvalue weighted by Crippen LogP contribution is -2.41. The molecule has 3 aliphatic rings. The number of fused-ring (bicyclic) bond motifs is 2. The van der Waals surface area contributed by atoms with Crippen LogP contribution in [0.4, 0.5) is 0 Å². The Morgan fingerprint density at radius 3 is 2.81 bits per heavy atom. The fourth-order valence-electron chi connectivity index (χ4n) is 6.28. The highest BCUT2D eigenvalue weighted by atomic mass is 32.2. The fraction of sp³-hybridized carbons (Fsp3) is 0.571. The van der Waals surface area contributed by atoms with Crippen molar-refractivity contribution in [3.63, 3.8) is 0 Å². The van der Waals surface area contributed by atoms with Crippen LogP contribution in [0.1, 0.15) is 44.4 Å². The number of pyridine rings is 1. The van der Waals surface area contributed by atoms with Crippen molar-refractivity contribution >= 4 is 20.9 Å². The van der Waals surface area contributed by atoms with Crippen LogP contribution in [-0.4, -0.2) is 29.5 Å². The summed E-state index contributed by atoms with van der Waals surface area (Å²) in [5.41, 5.74) is 3.03. The van der Waals surface area contributed by atoms with Crippen LogP contribution in [-0.2, 0) is 16.6 Å². The van der Waals surface area contributed by atoms with Crippen LogP contribution in [0.2, 0.25) is 0 Å². The molecule has 1 aromatic carbocycles. The highest BCUT2D eigenvalue weighted by Crippen LogP contribution is 2.70. The van der Waals surface area contributed by atoms with E-state index in [0.29, 0.717) is 18.2 Å². The molecule has 1 aromatic heterocycles. The molecule has 2 heterocycles. The number of nitrogens with zero attached hydrogens (tertiary/aromatic N) is 2. The second-order valence-electron chi connectivity index (χ2n) is 9.11. The predicted octanol–water partition coefficient (Wildman–Crippen LogP) is 3.88. The van der Waals surface area contributed by atoms with Gasteiger partial charge in [0.25, 0.3) is 0 Å². The molecule has 0 amide bonds. The molecule has 2 aromatic rings. The standard InChI is InChI=1S/C21H26N2O2S/c1-14-10-15(17-6-4-5-7-18(17)22-14)12-23-19-11-16-8-9-21(19,20(16,2)3)13-26(23,24)25/h4-7,10,16,19H,8-9,11-13H2,1-3H3/t16-,19-,21?/m1/s1. The van der Waals surface area contributed by atoms with Crippen molar-refractivity contribution < 1.29 is 8.42 Å². The third kappa shape index (κ3) is 1.99. The van der Waals surface area contributed by atoms with Crippen molar-refractivity contribution in [2.45, 2.75) is 52.6 Å².